The minimum Gasteiger partial charge on any atom is -0.480 e. The Bertz CT molecular complexity index is 1510. The maximum absolute atomic E-state index is 13.7. The fourth-order valence-corrected chi connectivity index (χ4v) is 5.75. The molecule has 0 heterocycles. The Morgan fingerprint density at radius 3 is 1.23 bits per heavy atom. The van der Waals surface area contributed by atoms with Gasteiger partial charge in [-0.2, -0.15) is 0 Å². The van der Waals surface area contributed by atoms with Gasteiger partial charge >= 0.3 is 5.97 Å². The van der Waals surface area contributed by atoms with Crippen molar-refractivity contribution >= 4 is 53.2 Å². The monoisotopic (exact) mass is 872 g/mol. The first kappa shape index (κ1) is 56.1. The Morgan fingerprint density at radius 2 is 0.852 bits per heavy atom. The molecule has 0 aromatic carbocycles. The summed E-state index contributed by atoms with van der Waals surface area (Å²) < 4.78 is 0. The van der Waals surface area contributed by atoms with Gasteiger partial charge in [0.15, 0.2) is 0 Å². The van der Waals surface area contributed by atoms with Crippen LogP contribution in [0.15, 0.2) is 0 Å². The molecule has 0 rings (SSSR count). The molecule has 21 heteroatoms. The van der Waals surface area contributed by atoms with Crippen molar-refractivity contribution in [2.75, 3.05) is 13.1 Å². The van der Waals surface area contributed by atoms with E-state index in [-0.39, 0.29) is 18.3 Å². The third-order valence-electron chi connectivity index (χ3n) is 10.2. The van der Waals surface area contributed by atoms with Crippen LogP contribution >= 0.6 is 0 Å². The third-order valence-corrected chi connectivity index (χ3v) is 10.2. The third kappa shape index (κ3) is 19.6. The summed E-state index contributed by atoms with van der Waals surface area (Å²) in [6.07, 6.45) is -1.85. The molecule has 0 aliphatic heterocycles. The minimum absolute atomic E-state index is 0.0871. The van der Waals surface area contributed by atoms with Gasteiger partial charge in [-0.05, 0) is 49.9 Å². The number of aliphatic hydroxyl groups is 2. The lowest BCUT2D eigenvalue weighted by atomic mass is 9.96. The molecule has 13 N–H and O–H groups in total. The van der Waals surface area contributed by atoms with Crippen LogP contribution in [-0.4, -0.2) is 136 Å². The smallest absolute Gasteiger partial charge is 0.326 e. The normalized spacial score (nSPS) is 16.8. The first-order valence-electron chi connectivity index (χ1n) is 20.9. The SMILES string of the molecule is CC[C@H](C)[C@H](NC(=O)CNC(=O)[C@@H](NC(=O)[C@@H](N)C(C)C)[C@@H](C)O)C(=O)NCC(=O)N[C@H](C(=O)N[C@@H](CC(C)C)C(=O)N[C@H](C(=O)N[C@H](C(=O)O)C(C)C)[C@@H](C)O)[C@@H](C)CC. The van der Waals surface area contributed by atoms with Gasteiger partial charge in [-0.15, -0.1) is 0 Å². The number of aliphatic carboxylic acids is 1. The summed E-state index contributed by atoms with van der Waals surface area (Å²) in [4.78, 5) is 117. The Hall–Kier alpha value is -4.89. The number of carbonyl (C=O) groups is 9. The fraction of sp³-hybridized carbons (Fsp3) is 0.775. The van der Waals surface area contributed by atoms with E-state index >= 15 is 0 Å². The molecule has 61 heavy (non-hydrogen) atoms. The number of aliphatic hydroxyl groups excluding tert-OH is 2. The molecule has 0 spiro atoms. The van der Waals surface area contributed by atoms with Crippen molar-refractivity contribution < 1.29 is 58.5 Å². The second kappa shape index (κ2) is 27.1. The quantitative estimate of drug-likeness (QED) is 0.0416. The number of carbonyl (C=O) groups excluding carboxylic acids is 8. The highest BCUT2D eigenvalue weighted by Crippen LogP contribution is 2.13. The summed E-state index contributed by atoms with van der Waals surface area (Å²) in [5.74, 6) is -9.47. The van der Waals surface area contributed by atoms with E-state index in [4.69, 9.17) is 5.73 Å². The maximum Gasteiger partial charge on any atom is 0.326 e. The number of nitrogens with two attached hydrogens (primary N) is 1. The first-order chi connectivity index (χ1) is 28.2. The van der Waals surface area contributed by atoms with Crippen LogP contribution < -0.4 is 48.3 Å². The van der Waals surface area contributed by atoms with E-state index in [1.807, 2.05) is 0 Å². The van der Waals surface area contributed by atoms with Gasteiger partial charge in [0.05, 0.1) is 31.3 Å². The van der Waals surface area contributed by atoms with E-state index in [1.54, 1.807) is 69.2 Å². The largest absolute Gasteiger partial charge is 0.480 e. The average molecular weight is 872 g/mol. The molecule has 0 bridgehead atoms. The van der Waals surface area contributed by atoms with E-state index in [1.165, 1.54) is 13.8 Å². The predicted molar refractivity (Wildman–Crippen MR) is 225 cm³/mol. The molecule has 0 saturated heterocycles. The van der Waals surface area contributed by atoms with Crippen LogP contribution in [0.4, 0.5) is 0 Å². The summed E-state index contributed by atoms with van der Waals surface area (Å²) in [5, 5.41) is 49.6. The van der Waals surface area contributed by atoms with Gasteiger partial charge < -0.3 is 63.6 Å². The molecule has 11 atom stereocenters. The summed E-state index contributed by atoms with van der Waals surface area (Å²) in [6, 6.07) is -8.81. The van der Waals surface area contributed by atoms with E-state index in [0.717, 1.165) is 0 Å². The summed E-state index contributed by atoms with van der Waals surface area (Å²) in [5.41, 5.74) is 5.83. The Kier molecular flexibility index (Phi) is 25.0. The van der Waals surface area contributed by atoms with Crippen LogP contribution in [0.5, 0.6) is 0 Å². The lowest BCUT2D eigenvalue weighted by Crippen LogP contribution is -2.61. The van der Waals surface area contributed by atoms with Gasteiger partial charge in [-0.1, -0.05) is 82.1 Å². The molecule has 0 fully saturated rings. The molecule has 8 amide bonds. The fourth-order valence-electron chi connectivity index (χ4n) is 5.75. The number of rotatable bonds is 27. The highest BCUT2D eigenvalue weighted by atomic mass is 16.4. The van der Waals surface area contributed by atoms with Crippen molar-refractivity contribution in [3.8, 4) is 0 Å². The summed E-state index contributed by atoms with van der Waals surface area (Å²) in [7, 11) is 0. The molecule has 0 radical (unpaired) electrons. The molecule has 21 nitrogen and oxygen atoms in total. The van der Waals surface area contributed by atoms with Gasteiger partial charge in [0.1, 0.15) is 36.3 Å². The highest BCUT2D eigenvalue weighted by Gasteiger charge is 2.36. The Balaban J connectivity index is 5.84. The van der Waals surface area contributed by atoms with Crippen molar-refractivity contribution in [3.05, 3.63) is 0 Å². The van der Waals surface area contributed by atoms with Gasteiger partial charge in [-0.25, -0.2) is 4.79 Å². The van der Waals surface area contributed by atoms with Gasteiger partial charge in [0, 0.05) is 0 Å². The van der Waals surface area contributed by atoms with Crippen LogP contribution in [0, 0.1) is 29.6 Å². The minimum atomic E-state index is -1.56. The van der Waals surface area contributed by atoms with E-state index < -0.39 is 139 Å². The summed E-state index contributed by atoms with van der Waals surface area (Å²) >= 11 is 0. The van der Waals surface area contributed by atoms with E-state index in [2.05, 4.69) is 42.5 Å². The first-order valence-corrected chi connectivity index (χ1v) is 20.9. The molecule has 0 aliphatic carbocycles. The van der Waals surface area contributed by atoms with Gasteiger partial charge in [0.25, 0.3) is 0 Å². The van der Waals surface area contributed by atoms with Gasteiger partial charge in [0.2, 0.25) is 47.3 Å². The van der Waals surface area contributed by atoms with Crippen molar-refractivity contribution in [3.63, 3.8) is 0 Å². The topological polar surface area (TPSA) is 337 Å². The number of hydrogen-bond acceptors (Lipinski definition) is 12. The zero-order chi connectivity index (χ0) is 47.5. The van der Waals surface area contributed by atoms with E-state index in [9.17, 15) is 58.5 Å². The lowest BCUT2D eigenvalue weighted by molar-refractivity contribution is -0.144. The van der Waals surface area contributed by atoms with Crippen LogP contribution in [0.2, 0.25) is 0 Å². The van der Waals surface area contributed by atoms with Crippen LogP contribution in [0.3, 0.4) is 0 Å². The lowest BCUT2D eigenvalue weighted by Gasteiger charge is -2.29. The maximum atomic E-state index is 13.7. The van der Waals surface area contributed by atoms with Gasteiger partial charge in [-0.3, -0.25) is 38.4 Å². The number of amides is 8. The predicted octanol–water partition coefficient (Wildman–Crippen LogP) is -2.25. The van der Waals surface area contributed by atoms with Crippen molar-refractivity contribution in [1.82, 2.24) is 42.5 Å². The second-order valence-corrected chi connectivity index (χ2v) is 16.8. The molecule has 0 saturated carbocycles. The van der Waals surface area contributed by atoms with E-state index in [0.29, 0.717) is 12.8 Å². The molecule has 0 unspecified atom stereocenters. The number of carboxylic acid groups (broad SMARTS) is 1. The molecular weight excluding hydrogens is 798 g/mol. The second-order valence-electron chi connectivity index (χ2n) is 16.8. The Labute approximate surface area is 359 Å². The van der Waals surface area contributed by atoms with Crippen LogP contribution in [0.25, 0.3) is 0 Å². The molecule has 0 aromatic rings. The molecule has 0 aromatic heterocycles. The average Bonchev–Trinajstić information content (AvgIpc) is 3.17. The van der Waals surface area contributed by atoms with Crippen LogP contribution in [0.1, 0.15) is 102 Å². The Morgan fingerprint density at radius 1 is 0.475 bits per heavy atom. The number of carboxylic acids is 1. The summed E-state index contributed by atoms with van der Waals surface area (Å²) in [6.45, 7) is 18.3. The zero-order valence-corrected chi connectivity index (χ0v) is 37.7. The number of hydrogen-bond donors (Lipinski definition) is 12. The van der Waals surface area contributed by atoms with Crippen molar-refractivity contribution in [1.29, 1.82) is 0 Å². The standard InChI is InChI=1S/C40H73N9O12/c1-13-21(9)30(45-26(52)17-43-37(57)32(23(11)50)49-35(55)28(41)19(5)6)36(56)42-16-27(53)46-31(22(10)14-2)38(58)44-25(15-18(3)4)34(54)48-33(24(12)51)39(59)47-29(20(7)8)40(60)61/h18-25,28-33,50-51H,13-17,41H2,1-12H3,(H,42,56)(H,43,57)(H,44,58)(H,45,52)(H,46,53)(H,47,59)(H,48,54)(H,49,55)(H,60,61)/t21-,22-,23+,24+,25-,28-,29-,30-,31-,32-,33-/m0/s1. The van der Waals surface area contributed by atoms with Crippen molar-refractivity contribution in [2.24, 2.45) is 35.3 Å². The zero-order valence-electron chi connectivity index (χ0n) is 37.7. The number of nitrogens with one attached hydrogen (secondary N) is 8. The highest BCUT2D eigenvalue weighted by molar-refractivity contribution is 5.97. The molecular formula is C40H73N9O12. The molecule has 350 valence electrons. The van der Waals surface area contributed by atoms with Crippen molar-refractivity contribution in [2.45, 2.75) is 157 Å². The molecule has 0 aliphatic rings. The van der Waals surface area contributed by atoms with Crippen LogP contribution in [-0.2, 0) is 43.2 Å².